The fourth-order valence-electron chi connectivity index (χ4n) is 4.22. The molecule has 1 N–H and O–H groups in total. The molecule has 4 rings (SSSR count). The van der Waals surface area contributed by atoms with Crippen LogP contribution in [0.15, 0.2) is 39.9 Å². The lowest BCUT2D eigenvalue weighted by molar-refractivity contribution is 0.0939. The number of fused-ring (bicyclic) bond motifs is 1. The lowest BCUT2D eigenvalue weighted by Crippen LogP contribution is -2.38. The summed E-state index contributed by atoms with van der Waals surface area (Å²) in [6.45, 7) is 5.76. The van der Waals surface area contributed by atoms with Crippen molar-refractivity contribution in [1.29, 1.82) is 0 Å². The van der Waals surface area contributed by atoms with Crippen LogP contribution < -0.4 is 16.6 Å². The van der Waals surface area contributed by atoms with Gasteiger partial charge in [-0.2, -0.15) is 0 Å². The molecule has 0 saturated carbocycles. The second-order valence-electron chi connectivity index (χ2n) is 8.45. The average Bonchev–Trinajstić information content (AvgIpc) is 3.21. The number of nitrogens with one attached hydrogen (secondary N) is 1. The minimum atomic E-state index is -0.385. The standard InChI is InChI=1S/C23H28N4O3S/c1-15-5-4-6-17(11-15)14-27-9-7-16(8-10-27)13-24-20(28)19-12-18-21(29)25(2)23(30)26(3)22(18)31-19/h4-6,11-12,16H,7-10,13-14H2,1-3H3,(H,24,28). The number of hydrogen-bond donors (Lipinski definition) is 1. The third-order valence-corrected chi connectivity index (χ3v) is 7.31. The summed E-state index contributed by atoms with van der Waals surface area (Å²) in [6.07, 6.45) is 2.10. The second-order valence-corrected chi connectivity index (χ2v) is 9.48. The molecule has 8 heteroatoms. The summed E-state index contributed by atoms with van der Waals surface area (Å²) in [5.41, 5.74) is 1.88. The fraction of sp³-hybridized carbons (Fsp3) is 0.435. The highest BCUT2D eigenvalue weighted by atomic mass is 32.1. The molecular weight excluding hydrogens is 412 g/mol. The zero-order chi connectivity index (χ0) is 22.1. The lowest BCUT2D eigenvalue weighted by atomic mass is 9.96. The molecule has 0 unspecified atom stereocenters. The number of carbonyl (C=O) groups is 1. The zero-order valence-electron chi connectivity index (χ0n) is 18.2. The van der Waals surface area contributed by atoms with Gasteiger partial charge < -0.3 is 5.32 Å². The van der Waals surface area contributed by atoms with E-state index >= 15 is 0 Å². The predicted octanol–water partition coefficient (Wildman–Crippen LogP) is 2.25. The maximum atomic E-state index is 12.7. The lowest BCUT2D eigenvalue weighted by Gasteiger charge is -2.32. The highest BCUT2D eigenvalue weighted by Gasteiger charge is 2.21. The van der Waals surface area contributed by atoms with Crippen molar-refractivity contribution < 1.29 is 4.79 Å². The minimum absolute atomic E-state index is 0.183. The second kappa shape index (κ2) is 8.80. The maximum Gasteiger partial charge on any atom is 0.331 e. The summed E-state index contributed by atoms with van der Waals surface area (Å²) in [5, 5.41) is 3.43. The number of amides is 1. The monoisotopic (exact) mass is 440 g/mol. The molecule has 0 aliphatic carbocycles. The number of aryl methyl sites for hydroxylation is 2. The van der Waals surface area contributed by atoms with Gasteiger partial charge >= 0.3 is 5.69 Å². The van der Waals surface area contributed by atoms with Crippen LogP contribution in [0.3, 0.4) is 0 Å². The Hall–Kier alpha value is -2.71. The van der Waals surface area contributed by atoms with Crippen LogP contribution in [0.5, 0.6) is 0 Å². The number of thiophene rings is 1. The van der Waals surface area contributed by atoms with Crippen LogP contribution in [0, 0.1) is 12.8 Å². The van der Waals surface area contributed by atoms with Gasteiger partial charge in [0, 0.05) is 27.2 Å². The van der Waals surface area contributed by atoms with Gasteiger partial charge in [-0.15, -0.1) is 11.3 Å². The Labute approximate surface area is 184 Å². The van der Waals surface area contributed by atoms with Crippen molar-refractivity contribution in [2.24, 2.45) is 20.0 Å². The summed E-state index contributed by atoms with van der Waals surface area (Å²) < 4.78 is 2.49. The van der Waals surface area contributed by atoms with Gasteiger partial charge in [-0.25, -0.2) is 4.79 Å². The molecule has 31 heavy (non-hydrogen) atoms. The Balaban J connectivity index is 1.34. The summed E-state index contributed by atoms with van der Waals surface area (Å²) in [6, 6.07) is 10.2. The van der Waals surface area contributed by atoms with Crippen molar-refractivity contribution in [2.45, 2.75) is 26.3 Å². The molecule has 7 nitrogen and oxygen atoms in total. The van der Waals surface area contributed by atoms with Gasteiger partial charge in [-0.3, -0.25) is 23.6 Å². The molecular formula is C23H28N4O3S. The van der Waals surface area contributed by atoms with Gasteiger partial charge in [0.1, 0.15) is 4.83 Å². The van der Waals surface area contributed by atoms with Crippen molar-refractivity contribution in [3.05, 3.63) is 67.2 Å². The van der Waals surface area contributed by atoms with E-state index in [2.05, 4.69) is 41.4 Å². The molecule has 0 radical (unpaired) electrons. The van der Waals surface area contributed by atoms with Gasteiger partial charge in [0.15, 0.2) is 0 Å². The first-order valence-electron chi connectivity index (χ1n) is 10.6. The Morgan fingerprint density at radius 1 is 1.13 bits per heavy atom. The highest BCUT2D eigenvalue weighted by molar-refractivity contribution is 7.20. The van der Waals surface area contributed by atoms with Crippen LogP contribution in [0.4, 0.5) is 0 Å². The molecule has 1 aromatic carbocycles. The molecule has 0 atom stereocenters. The molecule has 2 aromatic heterocycles. The molecule has 1 saturated heterocycles. The molecule has 3 heterocycles. The Kier molecular flexibility index (Phi) is 6.11. The van der Waals surface area contributed by atoms with Crippen LogP contribution in [0.2, 0.25) is 0 Å². The number of benzene rings is 1. The van der Waals surface area contributed by atoms with Crippen molar-refractivity contribution in [1.82, 2.24) is 19.4 Å². The Morgan fingerprint density at radius 2 is 1.87 bits per heavy atom. The quantitative estimate of drug-likeness (QED) is 0.660. The third kappa shape index (κ3) is 4.50. The predicted molar refractivity (Wildman–Crippen MR) is 124 cm³/mol. The van der Waals surface area contributed by atoms with E-state index in [9.17, 15) is 14.4 Å². The van der Waals surface area contributed by atoms with Crippen molar-refractivity contribution in [3.8, 4) is 0 Å². The SMILES string of the molecule is Cc1cccc(CN2CCC(CNC(=O)c3cc4c(=O)n(C)c(=O)n(C)c4s3)CC2)c1. The van der Waals surface area contributed by atoms with Gasteiger partial charge in [-0.1, -0.05) is 29.8 Å². The van der Waals surface area contributed by atoms with Crippen molar-refractivity contribution in [3.63, 3.8) is 0 Å². The molecule has 1 amide bonds. The number of piperidine rings is 1. The van der Waals surface area contributed by atoms with Crippen LogP contribution in [-0.4, -0.2) is 39.6 Å². The first kappa shape index (κ1) is 21.5. The van der Waals surface area contributed by atoms with Crippen LogP contribution >= 0.6 is 11.3 Å². The van der Waals surface area contributed by atoms with E-state index in [-0.39, 0.29) is 17.2 Å². The minimum Gasteiger partial charge on any atom is -0.351 e. The van der Waals surface area contributed by atoms with E-state index in [1.165, 1.54) is 34.1 Å². The summed E-state index contributed by atoms with van der Waals surface area (Å²) in [5.74, 6) is 0.266. The van der Waals surface area contributed by atoms with Crippen molar-refractivity contribution >= 4 is 27.5 Å². The molecule has 1 fully saturated rings. The Bertz CT molecular complexity index is 1230. The Morgan fingerprint density at radius 3 is 2.58 bits per heavy atom. The maximum absolute atomic E-state index is 12.7. The van der Waals surface area contributed by atoms with Crippen LogP contribution in [0.25, 0.3) is 10.2 Å². The average molecular weight is 441 g/mol. The zero-order valence-corrected chi connectivity index (χ0v) is 19.0. The first-order valence-corrected chi connectivity index (χ1v) is 11.4. The van der Waals surface area contributed by atoms with E-state index in [0.717, 1.165) is 37.0 Å². The number of aromatic nitrogens is 2. The van der Waals surface area contributed by atoms with E-state index in [4.69, 9.17) is 0 Å². The molecule has 3 aromatic rings. The summed E-state index contributed by atoms with van der Waals surface area (Å²) in [7, 11) is 3.07. The van der Waals surface area contributed by atoms with E-state index < -0.39 is 0 Å². The van der Waals surface area contributed by atoms with E-state index in [0.29, 0.717) is 27.6 Å². The summed E-state index contributed by atoms with van der Waals surface area (Å²) in [4.78, 5) is 40.6. The highest BCUT2D eigenvalue weighted by Crippen LogP contribution is 2.22. The first-order chi connectivity index (χ1) is 14.8. The largest absolute Gasteiger partial charge is 0.351 e. The molecule has 164 valence electrons. The topological polar surface area (TPSA) is 76.3 Å². The molecule has 1 aliphatic rings. The smallest absolute Gasteiger partial charge is 0.331 e. The van der Waals surface area contributed by atoms with Crippen molar-refractivity contribution in [2.75, 3.05) is 19.6 Å². The van der Waals surface area contributed by atoms with Gasteiger partial charge in [-0.05, 0) is 50.4 Å². The molecule has 0 bridgehead atoms. The molecule has 0 spiro atoms. The van der Waals surface area contributed by atoms with Gasteiger partial charge in [0.2, 0.25) is 0 Å². The fourth-order valence-corrected chi connectivity index (χ4v) is 5.24. The number of nitrogens with zero attached hydrogens (tertiary/aromatic N) is 3. The normalized spacial score (nSPS) is 15.5. The third-order valence-electron chi connectivity index (χ3n) is 6.10. The van der Waals surface area contributed by atoms with Gasteiger partial charge in [0.25, 0.3) is 11.5 Å². The number of likely N-dealkylation sites (tertiary alicyclic amines) is 1. The summed E-state index contributed by atoms with van der Waals surface area (Å²) >= 11 is 1.19. The number of hydrogen-bond acceptors (Lipinski definition) is 5. The molecule has 1 aliphatic heterocycles. The van der Waals surface area contributed by atoms with E-state index in [1.54, 1.807) is 13.1 Å². The van der Waals surface area contributed by atoms with E-state index in [1.807, 2.05) is 0 Å². The van der Waals surface area contributed by atoms with Gasteiger partial charge in [0.05, 0.1) is 10.3 Å². The number of carbonyl (C=O) groups excluding carboxylic acids is 1. The van der Waals surface area contributed by atoms with Crippen LogP contribution in [-0.2, 0) is 20.6 Å². The van der Waals surface area contributed by atoms with Crippen LogP contribution in [0.1, 0.15) is 33.6 Å². The number of rotatable bonds is 5.